The van der Waals surface area contributed by atoms with E-state index in [1.807, 2.05) is 0 Å². The minimum Gasteiger partial charge on any atom is -0.467 e. The first-order chi connectivity index (χ1) is 6.72. The van der Waals surface area contributed by atoms with E-state index < -0.39 is 12.1 Å². The quantitative estimate of drug-likeness (QED) is 0.530. The van der Waals surface area contributed by atoms with E-state index in [1.165, 1.54) is 19.2 Å². The van der Waals surface area contributed by atoms with Gasteiger partial charge in [-0.05, 0) is 17.7 Å². The number of carbonyl (C=O) groups is 1. The largest absolute Gasteiger partial charge is 0.467 e. The van der Waals surface area contributed by atoms with E-state index in [0.29, 0.717) is 5.56 Å². The van der Waals surface area contributed by atoms with Gasteiger partial charge in [0.1, 0.15) is 11.9 Å². The number of hydrogen-bond acceptors (Lipinski definition) is 3. The summed E-state index contributed by atoms with van der Waals surface area (Å²) in [5.74, 6) is -0.749. The van der Waals surface area contributed by atoms with Crippen LogP contribution in [0, 0.1) is 5.82 Å². The monoisotopic (exact) mass is 196 g/mol. The average molecular weight is 196 g/mol. The fraction of sp³-hybridized carbons (Fsp3) is 0.300. The van der Waals surface area contributed by atoms with Crippen LogP contribution in [0.1, 0.15) is 11.7 Å². The maximum atomic E-state index is 12.8. The minimum atomic E-state index is -0.568. The standard InChI is InChI=1S/C10H9FO3/c1-13-10(12)9-8(14-9)6-3-2-4-7(11)5-6/h2-5,8-9H,1H3/t8-,9-/m0/s1. The Morgan fingerprint density at radius 3 is 3.00 bits per heavy atom. The Morgan fingerprint density at radius 2 is 2.36 bits per heavy atom. The molecule has 1 fully saturated rings. The van der Waals surface area contributed by atoms with Crippen LogP contribution in [0.4, 0.5) is 4.39 Å². The molecule has 4 heteroatoms. The van der Waals surface area contributed by atoms with E-state index in [0.717, 1.165) is 0 Å². The van der Waals surface area contributed by atoms with E-state index in [4.69, 9.17) is 4.74 Å². The van der Waals surface area contributed by atoms with Crippen LogP contribution in [0.15, 0.2) is 24.3 Å². The average Bonchev–Trinajstić information content (AvgIpc) is 2.96. The van der Waals surface area contributed by atoms with Crippen molar-refractivity contribution in [3.05, 3.63) is 35.6 Å². The molecule has 3 nitrogen and oxygen atoms in total. The lowest BCUT2D eigenvalue weighted by Gasteiger charge is -1.95. The third-order valence-corrected chi connectivity index (χ3v) is 2.10. The van der Waals surface area contributed by atoms with Crippen LogP contribution < -0.4 is 0 Å². The molecule has 0 saturated carbocycles. The zero-order valence-corrected chi connectivity index (χ0v) is 7.57. The van der Waals surface area contributed by atoms with Gasteiger partial charge < -0.3 is 9.47 Å². The molecule has 0 radical (unpaired) electrons. The normalized spacial score (nSPS) is 24.4. The first-order valence-electron chi connectivity index (χ1n) is 4.21. The lowest BCUT2D eigenvalue weighted by Crippen LogP contribution is -2.09. The molecule has 2 rings (SSSR count). The summed E-state index contributed by atoms with van der Waals surface area (Å²) in [5.41, 5.74) is 0.667. The summed E-state index contributed by atoms with van der Waals surface area (Å²) in [4.78, 5) is 11.0. The summed E-state index contributed by atoms with van der Waals surface area (Å²) in [6.45, 7) is 0. The highest BCUT2D eigenvalue weighted by Crippen LogP contribution is 2.39. The van der Waals surface area contributed by atoms with Gasteiger partial charge >= 0.3 is 5.97 Å². The van der Waals surface area contributed by atoms with Crippen molar-refractivity contribution < 1.29 is 18.7 Å². The lowest BCUT2D eigenvalue weighted by molar-refractivity contribution is -0.142. The molecule has 1 saturated heterocycles. The van der Waals surface area contributed by atoms with Gasteiger partial charge in [-0.15, -0.1) is 0 Å². The van der Waals surface area contributed by atoms with Crippen molar-refractivity contribution in [2.24, 2.45) is 0 Å². The van der Waals surface area contributed by atoms with Crippen LogP contribution in [-0.4, -0.2) is 19.2 Å². The molecule has 74 valence electrons. The predicted octanol–water partition coefficient (Wildman–Crippen LogP) is 1.44. The van der Waals surface area contributed by atoms with E-state index in [2.05, 4.69) is 4.74 Å². The highest BCUT2D eigenvalue weighted by Gasteiger charge is 2.47. The number of esters is 1. The molecule has 0 aliphatic carbocycles. The summed E-state index contributed by atoms with van der Waals surface area (Å²) < 4.78 is 22.4. The molecule has 2 atom stereocenters. The Morgan fingerprint density at radius 1 is 1.57 bits per heavy atom. The third kappa shape index (κ3) is 1.61. The Balaban J connectivity index is 2.09. The molecule has 1 aliphatic rings. The second kappa shape index (κ2) is 3.38. The van der Waals surface area contributed by atoms with Crippen molar-refractivity contribution in [2.75, 3.05) is 7.11 Å². The Labute approximate surface area is 80.4 Å². The number of methoxy groups -OCH3 is 1. The van der Waals surface area contributed by atoms with Crippen LogP contribution in [0.5, 0.6) is 0 Å². The lowest BCUT2D eigenvalue weighted by atomic mass is 10.1. The fourth-order valence-corrected chi connectivity index (χ4v) is 1.34. The maximum absolute atomic E-state index is 12.8. The van der Waals surface area contributed by atoms with Crippen molar-refractivity contribution in [1.29, 1.82) is 0 Å². The molecular formula is C10H9FO3. The van der Waals surface area contributed by atoms with E-state index >= 15 is 0 Å². The molecule has 14 heavy (non-hydrogen) atoms. The Bertz CT molecular complexity index is 364. The number of carbonyl (C=O) groups excluding carboxylic acids is 1. The van der Waals surface area contributed by atoms with Crippen LogP contribution >= 0.6 is 0 Å². The summed E-state index contributed by atoms with van der Waals surface area (Å²) >= 11 is 0. The SMILES string of the molecule is COC(=O)[C@H]1O[C@H]1c1cccc(F)c1. The van der Waals surface area contributed by atoms with Gasteiger partial charge in [-0.25, -0.2) is 9.18 Å². The molecule has 0 aromatic heterocycles. The molecule has 0 bridgehead atoms. The van der Waals surface area contributed by atoms with Crippen molar-refractivity contribution in [3.8, 4) is 0 Å². The number of hydrogen-bond donors (Lipinski definition) is 0. The number of ether oxygens (including phenoxy) is 2. The smallest absolute Gasteiger partial charge is 0.338 e. The number of halogens is 1. The van der Waals surface area contributed by atoms with Crippen molar-refractivity contribution in [2.45, 2.75) is 12.2 Å². The van der Waals surface area contributed by atoms with Crippen LogP contribution in [0.2, 0.25) is 0 Å². The molecule has 1 heterocycles. The molecule has 0 unspecified atom stereocenters. The number of benzene rings is 1. The predicted molar refractivity (Wildman–Crippen MR) is 46.0 cm³/mol. The minimum absolute atomic E-state index is 0.332. The fourth-order valence-electron chi connectivity index (χ4n) is 1.34. The van der Waals surface area contributed by atoms with Gasteiger partial charge in [0.05, 0.1) is 7.11 Å². The molecule has 1 aliphatic heterocycles. The summed E-state index contributed by atoms with van der Waals surface area (Å²) in [6, 6.07) is 6.00. The van der Waals surface area contributed by atoms with Gasteiger partial charge in [-0.1, -0.05) is 12.1 Å². The maximum Gasteiger partial charge on any atom is 0.338 e. The van der Waals surface area contributed by atoms with E-state index in [1.54, 1.807) is 12.1 Å². The highest BCUT2D eigenvalue weighted by atomic mass is 19.1. The molecule has 1 aromatic carbocycles. The highest BCUT2D eigenvalue weighted by molar-refractivity contribution is 5.78. The molecule has 0 spiro atoms. The van der Waals surface area contributed by atoms with Gasteiger partial charge in [0.15, 0.2) is 6.10 Å². The number of rotatable bonds is 2. The van der Waals surface area contributed by atoms with Crippen molar-refractivity contribution in [3.63, 3.8) is 0 Å². The van der Waals surface area contributed by atoms with Crippen molar-refractivity contribution >= 4 is 5.97 Å². The third-order valence-electron chi connectivity index (χ3n) is 2.10. The topological polar surface area (TPSA) is 38.8 Å². The summed E-state index contributed by atoms with van der Waals surface area (Å²) in [7, 11) is 1.30. The zero-order valence-electron chi connectivity index (χ0n) is 7.57. The van der Waals surface area contributed by atoms with Crippen LogP contribution in [-0.2, 0) is 14.3 Å². The zero-order chi connectivity index (χ0) is 10.1. The summed E-state index contributed by atoms with van der Waals surface area (Å²) in [5, 5.41) is 0. The summed E-state index contributed by atoms with van der Waals surface area (Å²) in [6.07, 6.45) is -0.917. The second-order valence-corrected chi connectivity index (χ2v) is 3.06. The first kappa shape index (κ1) is 9.15. The van der Waals surface area contributed by atoms with Crippen molar-refractivity contribution in [1.82, 2.24) is 0 Å². The van der Waals surface area contributed by atoms with Gasteiger partial charge in [-0.2, -0.15) is 0 Å². The second-order valence-electron chi connectivity index (χ2n) is 3.06. The van der Waals surface area contributed by atoms with Gasteiger partial charge in [0, 0.05) is 0 Å². The first-order valence-corrected chi connectivity index (χ1v) is 4.21. The van der Waals surface area contributed by atoms with Crippen LogP contribution in [0.3, 0.4) is 0 Å². The van der Waals surface area contributed by atoms with Gasteiger partial charge in [0.25, 0.3) is 0 Å². The van der Waals surface area contributed by atoms with Gasteiger partial charge in [0.2, 0.25) is 0 Å². The molecule has 0 amide bonds. The Hall–Kier alpha value is -1.42. The van der Waals surface area contributed by atoms with E-state index in [-0.39, 0.29) is 11.9 Å². The van der Waals surface area contributed by atoms with Gasteiger partial charge in [-0.3, -0.25) is 0 Å². The molecular weight excluding hydrogens is 187 g/mol. The van der Waals surface area contributed by atoms with Crippen LogP contribution in [0.25, 0.3) is 0 Å². The molecule has 1 aromatic rings. The molecule has 0 N–H and O–H groups in total. The number of epoxide rings is 1. The van der Waals surface area contributed by atoms with E-state index in [9.17, 15) is 9.18 Å². The Kier molecular flexibility index (Phi) is 2.21.